The smallest absolute Gasteiger partial charge is 0.395 e. The highest BCUT2D eigenvalue weighted by molar-refractivity contribution is 8.15. The third kappa shape index (κ3) is 2.72. The number of nitrogens with one attached hydrogen (secondary N) is 1. The predicted molar refractivity (Wildman–Crippen MR) is 68.3 cm³/mol. The molecule has 0 radical (unpaired) electrons. The number of amides is 1. The molecule has 0 atom stereocenters. The predicted octanol–water partition coefficient (Wildman–Crippen LogP) is 1.56. The minimum absolute atomic E-state index is 0.0305. The van der Waals surface area contributed by atoms with Gasteiger partial charge in [-0.2, -0.15) is 5.10 Å². The molecule has 6 nitrogen and oxygen atoms in total. The summed E-state index contributed by atoms with van der Waals surface area (Å²) >= 11 is 1.24. The van der Waals surface area contributed by atoms with Gasteiger partial charge in [-0.3, -0.25) is 4.79 Å². The first-order valence-corrected chi connectivity index (χ1v) is 6.44. The van der Waals surface area contributed by atoms with Crippen LogP contribution < -0.4 is 14.8 Å². The minimum atomic E-state index is -3.64. The first kappa shape index (κ1) is 12.9. The van der Waals surface area contributed by atoms with E-state index >= 15 is 0 Å². The average Bonchev–Trinajstić information content (AvgIpc) is 2.90. The van der Waals surface area contributed by atoms with E-state index in [9.17, 15) is 13.6 Å². The van der Waals surface area contributed by atoms with Gasteiger partial charge >= 0.3 is 6.29 Å². The molecule has 1 aromatic carbocycles. The van der Waals surface area contributed by atoms with Crippen LogP contribution in [0.4, 0.5) is 8.78 Å². The highest BCUT2D eigenvalue weighted by Gasteiger charge is 2.43. The highest BCUT2D eigenvalue weighted by atomic mass is 32.2. The van der Waals surface area contributed by atoms with Gasteiger partial charge in [-0.25, -0.2) is 0 Å². The molecule has 0 saturated carbocycles. The van der Waals surface area contributed by atoms with Gasteiger partial charge in [0.1, 0.15) is 0 Å². The number of hydrogen-bond donors (Lipinski definition) is 1. The van der Waals surface area contributed by atoms with Crippen molar-refractivity contribution in [3.8, 4) is 11.5 Å². The standard InChI is InChI=1S/C11H7F2N3O3S/c12-11(13)18-7-2-1-6(3-8(7)19-11)4-14-16-10-15-9(17)5-20-10/h1-4H,5H2,(H,15,16,17). The van der Waals surface area contributed by atoms with E-state index in [1.165, 1.54) is 36.2 Å². The fourth-order valence-corrected chi connectivity index (χ4v) is 2.20. The van der Waals surface area contributed by atoms with Gasteiger partial charge < -0.3 is 14.8 Å². The van der Waals surface area contributed by atoms with Crippen molar-refractivity contribution in [2.24, 2.45) is 10.2 Å². The number of halogens is 2. The molecule has 1 fully saturated rings. The molecule has 2 aliphatic rings. The molecule has 2 heterocycles. The van der Waals surface area contributed by atoms with Crippen molar-refractivity contribution in [2.75, 3.05) is 5.75 Å². The molecule has 0 bridgehead atoms. The lowest BCUT2D eigenvalue weighted by Crippen LogP contribution is -2.25. The van der Waals surface area contributed by atoms with Crippen LogP contribution in [0.5, 0.6) is 11.5 Å². The Hall–Kier alpha value is -2.16. The van der Waals surface area contributed by atoms with Gasteiger partial charge in [-0.05, 0) is 23.8 Å². The molecular formula is C11H7F2N3O3S. The number of carbonyl (C=O) groups is 1. The van der Waals surface area contributed by atoms with Gasteiger partial charge in [0, 0.05) is 0 Å². The lowest BCUT2D eigenvalue weighted by atomic mass is 10.2. The zero-order valence-corrected chi connectivity index (χ0v) is 10.6. The number of nitrogens with zero attached hydrogens (tertiary/aromatic N) is 2. The average molecular weight is 299 g/mol. The van der Waals surface area contributed by atoms with Gasteiger partial charge in [0.15, 0.2) is 16.7 Å². The summed E-state index contributed by atoms with van der Waals surface area (Å²) in [6.07, 6.45) is -2.28. The second-order valence-corrected chi connectivity index (χ2v) is 4.82. The van der Waals surface area contributed by atoms with E-state index in [2.05, 4.69) is 25.0 Å². The molecule has 0 unspecified atom stereocenters. The maximum atomic E-state index is 12.8. The molecule has 1 saturated heterocycles. The van der Waals surface area contributed by atoms with Crippen LogP contribution in [0.15, 0.2) is 28.4 Å². The molecule has 1 amide bonds. The van der Waals surface area contributed by atoms with Crippen molar-refractivity contribution in [1.29, 1.82) is 0 Å². The number of hydrogen-bond acceptors (Lipinski definition) is 6. The fraction of sp³-hybridized carbons (Fsp3) is 0.182. The lowest BCUT2D eigenvalue weighted by molar-refractivity contribution is -0.286. The van der Waals surface area contributed by atoms with Crippen molar-refractivity contribution in [1.82, 2.24) is 5.32 Å². The fourth-order valence-electron chi connectivity index (χ4n) is 1.57. The lowest BCUT2D eigenvalue weighted by Gasteiger charge is -2.04. The number of carbonyl (C=O) groups excluding carboxylic acids is 1. The Balaban J connectivity index is 1.72. The SMILES string of the molecule is O=C1CSC(=NN=Cc2ccc3c(c2)OC(F)(F)O3)N1. The van der Waals surface area contributed by atoms with Crippen molar-refractivity contribution in [2.45, 2.75) is 6.29 Å². The van der Waals surface area contributed by atoms with Crippen molar-refractivity contribution in [3.63, 3.8) is 0 Å². The summed E-state index contributed by atoms with van der Waals surface area (Å²) in [5, 5.41) is 10.5. The third-order valence-electron chi connectivity index (χ3n) is 2.37. The van der Waals surface area contributed by atoms with Crippen LogP contribution in [-0.4, -0.2) is 29.3 Å². The van der Waals surface area contributed by atoms with Gasteiger partial charge in [-0.15, -0.1) is 13.9 Å². The maximum Gasteiger partial charge on any atom is 0.586 e. The highest BCUT2D eigenvalue weighted by Crippen LogP contribution is 2.40. The summed E-state index contributed by atoms with van der Waals surface area (Å²) in [7, 11) is 0. The molecule has 2 aliphatic heterocycles. The van der Waals surface area contributed by atoms with E-state index in [1.807, 2.05) is 0 Å². The number of rotatable bonds is 2. The van der Waals surface area contributed by atoms with Crippen LogP contribution in [-0.2, 0) is 4.79 Å². The molecule has 0 aromatic heterocycles. The van der Waals surface area contributed by atoms with E-state index in [4.69, 9.17) is 0 Å². The molecule has 0 spiro atoms. The number of amidine groups is 1. The quantitative estimate of drug-likeness (QED) is 0.664. The summed E-state index contributed by atoms with van der Waals surface area (Å²) in [4.78, 5) is 10.9. The monoisotopic (exact) mass is 299 g/mol. The van der Waals surface area contributed by atoms with E-state index in [1.54, 1.807) is 0 Å². The normalized spacial score (nSPS) is 21.7. The van der Waals surface area contributed by atoms with Crippen molar-refractivity contribution in [3.05, 3.63) is 23.8 Å². The number of thioether (sulfide) groups is 1. The van der Waals surface area contributed by atoms with Crippen LogP contribution >= 0.6 is 11.8 Å². The van der Waals surface area contributed by atoms with E-state index in [0.29, 0.717) is 16.5 Å². The largest absolute Gasteiger partial charge is 0.586 e. The zero-order valence-electron chi connectivity index (χ0n) is 9.80. The molecule has 9 heteroatoms. The number of benzene rings is 1. The van der Waals surface area contributed by atoms with Gasteiger partial charge in [0.2, 0.25) is 5.91 Å². The topological polar surface area (TPSA) is 72.3 Å². The Morgan fingerprint density at radius 1 is 1.35 bits per heavy atom. The maximum absolute atomic E-state index is 12.8. The van der Waals surface area contributed by atoms with Gasteiger partial charge in [0.05, 0.1) is 12.0 Å². The number of fused-ring (bicyclic) bond motifs is 1. The first-order chi connectivity index (χ1) is 9.52. The van der Waals surface area contributed by atoms with Crippen LogP contribution in [0.2, 0.25) is 0 Å². The summed E-state index contributed by atoms with van der Waals surface area (Å²) in [6.45, 7) is 0. The molecule has 1 aromatic rings. The summed E-state index contributed by atoms with van der Waals surface area (Å²) in [5.41, 5.74) is 0.517. The van der Waals surface area contributed by atoms with Crippen molar-refractivity contribution >= 4 is 29.1 Å². The Labute approximate surface area is 115 Å². The molecule has 3 rings (SSSR count). The molecule has 0 aliphatic carbocycles. The Morgan fingerprint density at radius 2 is 2.15 bits per heavy atom. The molecule has 1 N–H and O–H groups in total. The third-order valence-corrected chi connectivity index (χ3v) is 3.23. The minimum Gasteiger partial charge on any atom is -0.395 e. The molecule has 20 heavy (non-hydrogen) atoms. The van der Waals surface area contributed by atoms with E-state index in [-0.39, 0.29) is 17.4 Å². The van der Waals surface area contributed by atoms with Gasteiger partial charge in [-0.1, -0.05) is 11.8 Å². The Morgan fingerprint density at radius 3 is 2.90 bits per heavy atom. The number of ether oxygens (including phenoxy) is 2. The van der Waals surface area contributed by atoms with E-state index < -0.39 is 6.29 Å². The van der Waals surface area contributed by atoms with Crippen LogP contribution in [0, 0.1) is 0 Å². The molecule has 104 valence electrons. The summed E-state index contributed by atoms with van der Waals surface area (Å²) in [6, 6.07) is 4.25. The zero-order chi connectivity index (χ0) is 14.2. The van der Waals surface area contributed by atoms with Crippen LogP contribution in [0.1, 0.15) is 5.56 Å². The summed E-state index contributed by atoms with van der Waals surface area (Å²) in [5.74, 6) is 0.0921. The first-order valence-electron chi connectivity index (χ1n) is 5.45. The van der Waals surface area contributed by atoms with Crippen LogP contribution in [0.3, 0.4) is 0 Å². The Bertz CT molecular complexity index is 633. The Kier molecular flexibility index (Phi) is 3.05. The number of alkyl halides is 2. The molecular weight excluding hydrogens is 292 g/mol. The van der Waals surface area contributed by atoms with Crippen LogP contribution in [0.25, 0.3) is 0 Å². The van der Waals surface area contributed by atoms with Crippen molar-refractivity contribution < 1.29 is 23.0 Å². The van der Waals surface area contributed by atoms with E-state index in [0.717, 1.165) is 0 Å². The van der Waals surface area contributed by atoms with Gasteiger partial charge in [0.25, 0.3) is 0 Å². The summed E-state index contributed by atoms with van der Waals surface area (Å²) < 4.78 is 34.2. The second-order valence-electron chi connectivity index (χ2n) is 3.86. The second kappa shape index (κ2) is 4.75.